The highest BCUT2D eigenvalue weighted by atomic mass is 35.5. The number of rotatable bonds is 7. The fourth-order valence-corrected chi connectivity index (χ4v) is 2.61. The van der Waals surface area contributed by atoms with Crippen LogP contribution in [0, 0.1) is 0 Å². The molecule has 2 aromatic rings. The van der Waals surface area contributed by atoms with Crippen molar-refractivity contribution >= 4 is 29.1 Å². The molecule has 5 nitrogen and oxygen atoms in total. The van der Waals surface area contributed by atoms with Gasteiger partial charge in [-0.3, -0.25) is 4.79 Å². The number of carbonyl (C=O) groups is 1. The second kappa shape index (κ2) is 8.83. The molecule has 0 bridgehead atoms. The molecular formula is C18H19Cl2NO4. The van der Waals surface area contributed by atoms with Gasteiger partial charge in [0.15, 0.2) is 6.10 Å². The number of halogens is 2. The largest absolute Gasteiger partial charge is 0.497 e. The summed E-state index contributed by atoms with van der Waals surface area (Å²) >= 11 is 11.9. The summed E-state index contributed by atoms with van der Waals surface area (Å²) in [7, 11) is 3.15. The average molecular weight is 384 g/mol. The van der Waals surface area contributed by atoms with Crippen molar-refractivity contribution in [1.82, 2.24) is 5.32 Å². The Morgan fingerprint density at radius 1 is 1.08 bits per heavy atom. The molecule has 1 atom stereocenters. The molecule has 2 aromatic carbocycles. The maximum absolute atomic E-state index is 12.3. The van der Waals surface area contributed by atoms with E-state index >= 15 is 0 Å². The molecule has 1 unspecified atom stereocenters. The number of nitrogens with one attached hydrogen (secondary N) is 1. The molecule has 0 fully saturated rings. The third-order valence-corrected chi connectivity index (χ3v) is 4.04. The highest BCUT2D eigenvalue weighted by Crippen LogP contribution is 2.28. The predicted molar refractivity (Wildman–Crippen MR) is 97.9 cm³/mol. The van der Waals surface area contributed by atoms with E-state index in [4.69, 9.17) is 37.4 Å². The molecule has 1 amide bonds. The van der Waals surface area contributed by atoms with Gasteiger partial charge in [0, 0.05) is 17.1 Å². The van der Waals surface area contributed by atoms with E-state index in [1.807, 2.05) is 0 Å². The number of hydrogen-bond donors (Lipinski definition) is 1. The Morgan fingerprint density at radius 2 is 1.80 bits per heavy atom. The van der Waals surface area contributed by atoms with Gasteiger partial charge in [0.05, 0.1) is 19.2 Å². The molecule has 0 aliphatic carbocycles. The Balaban J connectivity index is 1.99. The van der Waals surface area contributed by atoms with Gasteiger partial charge in [-0.05, 0) is 43.3 Å². The van der Waals surface area contributed by atoms with Crippen molar-refractivity contribution in [3.63, 3.8) is 0 Å². The average Bonchev–Trinajstić information content (AvgIpc) is 2.61. The fourth-order valence-electron chi connectivity index (χ4n) is 2.16. The van der Waals surface area contributed by atoms with Gasteiger partial charge in [0.25, 0.3) is 5.91 Å². The van der Waals surface area contributed by atoms with Crippen LogP contribution in [0.25, 0.3) is 0 Å². The molecule has 0 aliphatic rings. The molecule has 0 saturated carbocycles. The Kier molecular flexibility index (Phi) is 6.79. The molecule has 7 heteroatoms. The van der Waals surface area contributed by atoms with Gasteiger partial charge in [-0.2, -0.15) is 0 Å². The van der Waals surface area contributed by atoms with Crippen LogP contribution in [0.1, 0.15) is 12.5 Å². The molecule has 2 rings (SSSR count). The summed E-state index contributed by atoms with van der Waals surface area (Å²) in [6.07, 6.45) is -0.727. The summed E-state index contributed by atoms with van der Waals surface area (Å²) in [6.45, 7) is 1.92. The van der Waals surface area contributed by atoms with E-state index in [1.54, 1.807) is 57.5 Å². The van der Waals surface area contributed by atoms with E-state index in [9.17, 15) is 4.79 Å². The van der Waals surface area contributed by atoms with Gasteiger partial charge >= 0.3 is 0 Å². The van der Waals surface area contributed by atoms with E-state index in [0.29, 0.717) is 27.3 Å². The zero-order valence-electron chi connectivity index (χ0n) is 14.1. The molecular weight excluding hydrogens is 365 g/mol. The lowest BCUT2D eigenvalue weighted by atomic mass is 10.2. The number of carbonyl (C=O) groups excluding carboxylic acids is 1. The first-order valence-electron chi connectivity index (χ1n) is 7.55. The molecule has 0 spiro atoms. The highest BCUT2D eigenvalue weighted by Gasteiger charge is 2.17. The van der Waals surface area contributed by atoms with E-state index in [2.05, 4.69) is 5.32 Å². The maximum atomic E-state index is 12.3. The molecule has 1 N–H and O–H groups in total. The van der Waals surface area contributed by atoms with Gasteiger partial charge in [0.1, 0.15) is 17.2 Å². The molecule has 134 valence electrons. The Hall–Kier alpha value is -2.11. The molecule has 25 heavy (non-hydrogen) atoms. The summed E-state index contributed by atoms with van der Waals surface area (Å²) in [4.78, 5) is 12.3. The molecule has 0 heterocycles. The van der Waals surface area contributed by atoms with Gasteiger partial charge in [0.2, 0.25) is 0 Å². The van der Waals surface area contributed by atoms with E-state index in [1.165, 1.54) is 0 Å². The van der Waals surface area contributed by atoms with E-state index in [0.717, 1.165) is 5.56 Å². The van der Waals surface area contributed by atoms with Crippen molar-refractivity contribution in [2.45, 2.75) is 19.6 Å². The lowest BCUT2D eigenvalue weighted by Crippen LogP contribution is -2.36. The Bertz CT molecular complexity index is 752. The smallest absolute Gasteiger partial charge is 0.261 e. The van der Waals surface area contributed by atoms with Crippen molar-refractivity contribution in [3.05, 3.63) is 52.0 Å². The summed E-state index contributed by atoms with van der Waals surface area (Å²) in [5.41, 5.74) is 0.798. The lowest BCUT2D eigenvalue weighted by molar-refractivity contribution is -0.127. The highest BCUT2D eigenvalue weighted by molar-refractivity contribution is 6.35. The van der Waals surface area contributed by atoms with Crippen molar-refractivity contribution < 1.29 is 19.0 Å². The van der Waals surface area contributed by atoms with Crippen molar-refractivity contribution in [2.75, 3.05) is 14.2 Å². The number of ether oxygens (including phenoxy) is 3. The second-order valence-electron chi connectivity index (χ2n) is 5.23. The monoisotopic (exact) mass is 383 g/mol. The summed E-state index contributed by atoms with van der Waals surface area (Å²) in [5, 5.41) is 3.66. The van der Waals surface area contributed by atoms with Crippen LogP contribution < -0.4 is 19.5 Å². The quantitative estimate of drug-likeness (QED) is 0.781. The van der Waals surface area contributed by atoms with Crippen LogP contribution in [0.3, 0.4) is 0 Å². The minimum atomic E-state index is -0.727. The molecule has 0 aromatic heterocycles. The number of methoxy groups -OCH3 is 2. The maximum Gasteiger partial charge on any atom is 0.261 e. The summed E-state index contributed by atoms with van der Waals surface area (Å²) in [6, 6.07) is 10.2. The first kappa shape index (κ1) is 19.2. The third kappa shape index (κ3) is 5.18. The number of amides is 1. The van der Waals surface area contributed by atoms with Crippen molar-refractivity contribution in [1.29, 1.82) is 0 Å². The van der Waals surface area contributed by atoms with Crippen molar-refractivity contribution in [3.8, 4) is 17.2 Å². The van der Waals surface area contributed by atoms with E-state index < -0.39 is 6.10 Å². The molecule has 0 radical (unpaired) electrons. The third-order valence-electron chi connectivity index (χ3n) is 3.51. The van der Waals surface area contributed by atoms with E-state index in [-0.39, 0.29) is 12.5 Å². The number of hydrogen-bond acceptors (Lipinski definition) is 4. The van der Waals surface area contributed by atoms with Crippen LogP contribution in [-0.4, -0.2) is 26.2 Å². The van der Waals surface area contributed by atoms with Gasteiger partial charge in [-0.25, -0.2) is 0 Å². The standard InChI is InChI=1S/C18H19Cl2NO4/c1-11(25-17-6-4-13(19)9-15(17)20)18(22)21-10-12-8-14(23-2)5-7-16(12)24-3/h4-9,11H,10H2,1-3H3,(H,21,22). The van der Waals surface area contributed by atoms with Crippen LogP contribution in [-0.2, 0) is 11.3 Å². The first-order chi connectivity index (χ1) is 11.9. The van der Waals surface area contributed by atoms with Gasteiger partial charge in [-0.15, -0.1) is 0 Å². The molecule has 0 aliphatic heterocycles. The van der Waals surface area contributed by atoms with Gasteiger partial charge in [-0.1, -0.05) is 23.2 Å². The van der Waals surface area contributed by atoms with Crippen LogP contribution >= 0.6 is 23.2 Å². The molecule has 0 saturated heterocycles. The van der Waals surface area contributed by atoms with Crippen molar-refractivity contribution in [2.24, 2.45) is 0 Å². The summed E-state index contributed by atoms with van der Waals surface area (Å²) < 4.78 is 16.1. The topological polar surface area (TPSA) is 56.8 Å². The van der Waals surface area contributed by atoms with Crippen LogP contribution in [0.5, 0.6) is 17.2 Å². The minimum absolute atomic E-state index is 0.279. The van der Waals surface area contributed by atoms with Gasteiger partial charge < -0.3 is 19.5 Å². The fraction of sp³-hybridized carbons (Fsp3) is 0.278. The zero-order valence-corrected chi connectivity index (χ0v) is 15.6. The predicted octanol–water partition coefficient (Wildman–Crippen LogP) is 4.09. The van der Waals surface area contributed by atoms with Crippen LogP contribution in [0.2, 0.25) is 10.0 Å². The SMILES string of the molecule is COc1ccc(OC)c(CNC(=O)C(C)Oc2ccc(Cl)cc2Cl)c1. The Labute approximate surface area is 156 Å². The first-order valence-corrected chi connectivity index (χ1v) is 8.30. The van der Waals surface area contributed by atoms with Crippen LogP contribution in [0.15, 0.2) is 36.4 Å². The second-order valence-corrected chi connectivity index (χ2v) is 6.07. The Morgan fingerprint density at radius 3 is 2.44 bits per heavy atom. The lowest BCUT2D eigenvalue weighted by Gasteiger charge is -2.17. The zero-order chi connectivity index (χ0) is 18.4. The summed E-state index contributed by atoms with van der Waals surface area (Å²) in [5.74, 6) is 1.46. The normalized spacial score (nSPS) is 11.6. The minimum Gasteiger partial charge on any atom is -0.497 e. The number of benzene rings is 2. The van der Waals surface area contributed by atoms with Crippen LogP contribution in [0.4, 0.5) is 0 Å².